The molecule has 0 fully saturated rings. The quantitative estimate of drug-likeness (QED) is 0.505. The summed E-state index contributed by atoms with van der Waals surface area (Å²) in [7, 11) is 0. The maximum atomic E-state index is 12.0. The highest BCUT2D eigenvalue weighted by atomic mass is 16.3. The summed E-state index contributed by atoms with van der Waals surface area (Å²) < 4.78 is 0. The molecule has 3 rings (SSSR count). The Bertz CT molecular complexity index is 931. The van der Waals surface area contributed by atoms with Crippen LogP contribution in [0.5, 0.6) is 5.75 Å². The van der Waals surface area contributed by atoms with Crippen molar-refractivity contribution in [2.24, 2.45) is 5.10 Å². The maximum absolute atomic E-state index is 12.0. The standard InChI is InChI=1S/C20H18N2O3/c1-13(23)17-11-8-15(18-4-2-3-5-19(17)18)12-21-22-20(25)14-6-9-16(24)10-7-14/h2-13,23-24H,1H3,(H,22,25)/b21-12+. The summed E-state index contributed by atoms with van der Waals surface area (Å²) in [5.74, 6) is -0.258. The molecule has 0 aromatic heterocycles. The summed E-state index contributed by atoms with van der Waals surface area (Å²) in [4.78, 5) is 12.0. The molecule has 1 atom stereocenters. The molecule has 0 saturated carbocycles. The SMILES string of the molecule is CC(O)c1ccc(/C=N/NC(=O)c2ccc(O)cc2)c2ccccc12. The van der Waals surface area contributed by atoms with E-state index in [0.717, 1.165) is 21.9 Å². The number of nitrogens with zero attached hydrogens (tertiary/aromatic N) is 1. The summed E-state index contributed by atoms with van der Waals surface area (Å²) in [6.07, 6.45) is 1.01. The molecule has 0 spiro atoms. The summed E-state index contributed by atoms with van der Waals surface area (Å²) >= 11 is 0. The number of hydrogen-bond acceptors (Lipinski definition) is 4. The van der Waals surface area contributed by atoms with Gasteiger partial charge in [0.2, 0.25) is 0 Å². The van der Waals surface area contributed by atoms with Crippen LogP contribution in [0, 0.1) is 0 Å². The summed E-state index contributed by atoms with van der Waals surface area (Å²) in [6.45, 7) is 1.73. The normalized spacial score (nSPS) is 12.4. The molecule has 0 radical (unpaired) electrons. The van der Waals surface area contributed by atoms with Crippen molar-refractivity contribution < 1.29 is 15.0 Å². The number of nitrogens with one attached hydrogen (secondary N) is 1. The van der Waals surface area contributed by atoms with Crippen LogP contribution in [0.1, 0.15) is 34.5 Å². The minimum Gasteiger partial charge on any atom is -0.508 e. The van der Waals surface area contributed by atoms with Crippen molar-refractivity contribution in [2.45, 2.75) is 13.0 Å². The largest absolute Gasteiger partial charge is 0.508 e. The van der Waals surface area contributed by atoms with Gasteiger partial charge in [-0.15, -0.1) is 0 Å². The number of aliphatic hydroxyl groups excluding tert-OH is 1. The molecule has 5 nitrogen and oxygen atoms in total. The van der Waals surface area contributed by atoms with Crippen molar-refractivity contribution in [1.29, 1.82) is 0 Å². The third-order valence-corrected chi connectivity index (χ3v) is 3.94. The first-order chi connectivity index (χ1) is 12.1. The van der Waals surface area contributed by atoms with Gasteiger partial charge >= 0.3 is 0 Å². The number of aliphatic hydroxyl groups is 1. The number of benzene rings is 3. The van der Waals surface area contributed by atoms with Gasteiger partial charge in [-0.3, -0.25) is 4.79 Å². The Morgan fingerprint density at radius 3 is 2.40 bits per heavy atom. The molecule has 3 N–H and O–H groups in total. The van der Waals surface area contributed by atoms with Gasteiger partial charge < -0.3 is 10.2 Å². The molecule has 3 aromatic carbocycles. The number of aromatic hydroxyl groups is 1. The molecule has 0 aliphatic heterocycles. The average Bonchev–Trinajstić information content (AvgIpc) is 2.62. The van der Waals surface area contributed by atoms with E-state index in [1.54, 1.807) is 13.1 Å². The van der Waals surface area contributed by atoms with Crippen LogP contribution in [0.25, 0.3) is 10.8 Å². The second kappa shape index (κ2) is 7.15. The molecule has 0 saturated heterocycles. The third kappa shape index (κ3) is 3.67. The zero-order chi connectivity index (χ0) is 17.8. The van der Waals surface area contributed by atoms with E-state index in [9.17, 15) is 15.0 Å². The summed E-state index contributed by atoms with van der Waals surface area (Å²) in [6, 6.07) is 17.4. The van der Waals surface area contributed by atoms with Gasteiger partial charge in [-0.05, 0) is 47.5 Å². The van der Waals surface area contributed by atoms with E-state index >= 15 is 0 Å². The highest BCUT2D eigenvalue weighted by Crippen LogP contribution is 2.26. The number of hydrogen-bond donors (Lipinski definition) is 3. The predicted octanol–water partition coefficient (Wildman–Crippen LogP) is 3.36. The predicted molar refractivity (Wildman–Crippen MR) is 97.7 cm³/mol. The second-order valence-electron chi connectivity index (χ2n) is 5.71. The summed E-state index contributed by atoms with van der Waals surface area (Å²) in [5.41, 5.74) is 4.56. The molecular weight excluding hydrogens is 316 g/mol. The van der Waals surface area contributed by atoms with Crippen molar-refractivity contribution >= 4 is 22.9 Å². The smallest absolute Gasteiger partial charge is 0.271 e. The Hall–Kier alpha value is -3.18. The van der Waals surface area contributed by atoms with Crippen molar-refractivity contribution in [3.63, 3.8) is 0 Å². The zero-order valence-electron chi connectivity index (χ0n) is 13.7. The number of rotatable bonds is 4. The molecule has 0 aliphatic rings. The van der Waals surface area contributed by atoms with Crippen LogP contribution in [0.3, 0.4) is 0 Å². The molecule has 1 unspecified atom stereocenters. The lowest BCUT2D eigenvalue weighted by Crippen LogP contribution is -2.17. The highest BCUT2D eigenvalue weighted by Gasteiger charge is 2.08. The molecule has 1 amide bonds. The minimum absolute atomic E-state index is 0.102. The van der Waals surface area contributed by atoms with Gasteiger partial charge in [0, 0.05) is 11.1 Å². The van der Waals surface area contributed by atoms with E-state index in [2.05, 4.69) is 10.5 Å². The topological polar surface area (TPSA) is 81.9 Å². The first-order valence-electron chi connectivity index (χ1n) is 7.88. The number of carbonyl (C=O) groups excluding carboxylic acids is 1. The van der Waals surface area contributed by atoms with Gasteiger partial charge in [-0.2, -0.15) is 5.10 Å². The third-order valence-electron chi connectivity index (χ3n) is 3.94. The Morgan fingerprint density at radius 1 is 1.04 bits per heavy atom. The molecule has 3 aromatic rings. The van der Waals surface area contributed by atoms with Crippen molar-refractivity contribution in [1.82, 2.24) is 5.43 Å². The number of phenols is 1. The van der Waals surface area contributed by atoms with Crippen LogP contribution in [-0.4, -0.2) is 22.3 Å². The number of amides is 1. The Kier molecular flexibility index (Phi) is 4.77. The van der Waals surface area contributed by atoms with Gasteiger partial charge in [0.1, 0.15) is 5.75 Å². The minimum atomic E-state index is -0.565. The van der Waals surface area contributed by atoms with Gasteiger partial charge in [0.05, 0.1) is 12.3 Å². The van der Waals surface area contributed by atoms with Crippen LogP contribution < -0.4 is 5.43 Å². The molecule has 0 bridgehead atoms. The molecule has 126 valence electrons. The Labute approximate surface area is 145 Å². The van der Waals surface area contributed by atoms with E-state index in [1.807, 2.05) is 36.4 Å². The Morgan fingerprint density at radius 2 is 1.72 bits per heavy atom. The number of hydrazone groups is 1. The van der Waals surface area contributed by atoms with Crippen LogP contribution in [0.2, 0.25) is 0 Å². The van der Waals surface area contributed by atoms with E-state index in [4.69, 9.17) is 0 Å². The van der Waals surface area contributed by atoms with Crippen molar-refractivity contribution in [3.8, 4) is 5.75 Å². The molecular formula is C20H18N2O3. The Balaban J connectivity index is 1.83. The zero-order valence-corrected chi connectivity index (χ0v) is 13.7. The van der Waals surface area contributed by atoms with E-state index < -0.39 is 6.10 Å². The molecule has 25 heavy (non-hydrogen) atoms. The van der Waals surface area contributed by atoms with Gasteiger partial charge in [-0.25, -0.2) is 5.43 Å². The lowest BCUT2D eigenvalue weighted by molar-refractivity contribution is 0.0955. The van der Waals surface area contributed by atoms with Crippen LogP contribution in [-0.2, 0) is 0 Å². The van der Waals surface area contributed by atoms with E-state index in [1.165, 1.54) is 24.3 Å². The average molecular weight is 334 g/mol. The number of phenolic OH excluding ortho intramolecular Hbond substituents is 1. The van der Waals surface area contributed by atoms with Crippen LogP contribution >= 0.6 is 0 Å². The van der Waals surface area contributed by atoms with Crippen LogP contribution in [0.4, 0.5) is 0 Å². The fourth-order valence-electron chi connectivity index (χ4n) is 2.66. The second-order valence-corrected chi connectivity index (χ2v) is 5.71. The first-order valence-corrected chi connectivity index (χ1v) is 7.88. The number of carbonyl (C=O) groups is 1. The lowest BCUT2D eigenvalue weighted by Gasteiger charge is -2.11. The monoisotopic (exact) mass is 334 g/mol. The first kappa shape index (κ1) is 16.7. The summed E-state index contributed by atoms with van der Waals surface area (Å²) in [5, 5.41) is 25.1. The van der Waals surface area contributed by atoms with Gasteiger partial charge in [-0.1, -0.05) is 36.4 Å². The van der Waals surface area contributed by atoms with E-state index in [0.29, 0.717) is 5.56 Å². The van der Waals surface area contributed by atoms with Crippen LogP contribution in [0.15, 0.2) is 65.8 Å². The fraction of sp³-hybridized carbons (Fsp3) is 0.100. The lowest BCUT2D eigenvalue weighted by atomic mass is 9.97. The van der Waals surface area contributed by atoms with Gasteiger partial charge in [0.15, 0.2) is 0 Å². The maximum Gasteiger partial charge on any atom is 0.271 e. The highest BCUT2D eigenvalue weighted by molar-refractivity contribution is 6.02. The van der Waals surface area contributed by atoms with Crippen molar-refractivity contribution in [2.75, 3.05) is 0 Å². The molecule has 5 heteroatoms. The number of fused-ring (bicyclic) bond motifs is 1. The van der Waals surface area contributed by atoms with E-state index in [-0.39, 0.29) is 11.7 Å². The van der Waals surface area contributed by atoms with Gasteiger partial charge in [0.25, 0.3) is 5.91 Å². The molecule has 0 heterocycles. The van der Waals surface area contributed by atoms with Crippen molar-refractivity contribution in [3.05, 3.63) is 77.4 Å². The molecule has 0 aliphatic carbocycles. The fourth-order valence-corrected chi connectivity index (χ4v) is 2.66.